The summed E-state index contributed by atoms with van der Waals surface area (Å²) >= 11 is 0. The van der Waals surface area contributed by atoms with E-state index in [9.17, 15) is 19.8 Å². The van der Waals surface area contributed by atoms with Crippen LogP contribution in [-0.4, -0.2) is 65.0 Å². The van der Waals surface area contributed by atoms with Gasteiger partial charge in [-0.05, 0) is 69.3 Å². The van der Waals surface area contributed by atoms with Gasteiger partial charge in [-0.3, -0.25) is 4.99 Å². The number of hydrogen-bond acceptors (Lipinski definition) is 6. The standard InChI is InChI=1S/C26H38N2O5/c1-5-26(11-6-7-12-28(4)16-26)19-9-8-10-21(15-19)33-25(32)23(29)18-13-20(14-18)27-22(17(2)3)24(30)31/h8-10,15,17-18,22-23,29H,5-7,11-14,16H2,1-4H3,(H,30,31). The molecule has 3 unspecified atom stereocenters. The minimum atomic E-state index is -1.25. The number of carboxylic acid groups (broad SMARTS) is 1. The van der Waals surface area contributed by atoms with Crippen molar-refractivity contribution in [2.75, 3.05) is 20.1 Å². The molecule has 0 spiro atoms. The molecule has 7 nitrogen and oxygen atoms in total. The molecule has 1 saturated carbocycles. The van der Waals surface area contributed by atoms with Crippen LogP contribution in [0, 0.1) is 11.8 Å². The van der Waals surface area contributed by atoms with Gasteiger partial charge in [0.05, 0.1) is 0 Å². The third-order valence-corrected chi connectivity index (χ3v) is 7.25. The summed E-state index contributed by atoms with van der Waals surface area (Å²) in [5, 5.41) is 19.8. The smallest absolute Gasteiger partial charge is 0.340 e. The summed E-state index contributed by atoms with van der Waals surface area (Å²) in [5.41, 5.74) is 1.94. The number of aliphatic carboxylic acids is 1. The molecule has 1 heterocycles. The number of nitrogens with zero attached hydrogens (tertiary/aromatic N) is 2. The van der Waals surface area contributed by atoms with E-state index in [1.165, 1.54) is 18.4 Å². The first-order chi connectivity index (χ1) is 15.6. The lowest BCUT2D eigenvalue weighted by Crippen LogP contribution is -2.42. The second-order valence-corrected chi connectivity index (χ2v) is 10.1. The second kappa shape index (κ2) is 10.8. The van der Waals surface area contributed by atoms with Gasteiger partial charge in [0.1, 0.15) is 11.8 Å². The highest BCUT2D eigenvalue weighted by Gasteiger charge is 2.38. The maximum absolute atomic E-state index is 12.6. The highest BCUT2D eigenvalue weighted by atomic mass is 16.5. The van der Waals surface area contributed by atoms with Gasteiger partial charge in [0.25, 0.3) is 0 Å². The summed E-state index contributed by atoms with van der Waals surface area (Å²) in [4.78, 5) is 30.6. The number of carboxylic acids is 1. The molecule has 0 aromatic heterocycles. The van der Waals surface area contributed by atoms with E-state index in [4.69, 9.17) is 4.74 Å². The zero-order chi connectivity index (χ0) is 24.2. The van der Waals surface area contributed by atoms with E-state index in [-0.39, 0.29) is 17.3 Å². The zero-order valence-electron chi connectivity index (χ0n) is 20.3. The lowest BCUT2D eigenvalue weighted by molar-refractivity contribution is -0.147. The molecule has 2 N–H and O–H groups in total. The van der Waals surface area contributed by atoms with Gasteiger partial charge < -0.3 is 19.8 Å². The van der Waals surface area contributed by atoms with Gasteiger partial charge in [0.2, 0.25) is 0 Å². The number of aliphatic imine (C=N–C) groups is 1. The highest BCUT2D eigenvalue weighted by Crippen LogP contribution is 2.38. The maximum atomic E-state index is 12.6. The summed E-state index contributed by atoms with van der Waals surface area (Å²) in [6, 6.07) is 6.94. The fraction of sp³-hybridized carbons (Fsp3) is 0.654. The van der Waals surface area contributed by atoms with Crippen molar-refractivity contribution in [3.05, 3.63) is 29.8 Å². The molecule has 2 aliphatic rings. The summed E-state index contributed by atoms with van der Waals surface area (Å²) in [6.07, 6.45) is 4.05. The quantitative estimate of drug-likeness (QED) is 0.455. The Morgan fingerprint density at radius 2 is 2.00 bits per heavy atom. The number of aliphatic hydroxyl groups excluding tert-OH is 1. The van der Waals surface area contributed by atoms with Crippen molar-refractivity contribution < 1.29 is 24.5 Å². The third-order valence-electron chi connectivity index (χ3n) is 7.25. The third kappa shape index (κ3) is 6.01. The van der Waals surface area contributed by atoms with Crippen LogP contribution in [0.1, 0.15) is 64.9 Å². The topological polar surface area (TPSA) is 99.4 Å². The van der Waals surface area contributed by atoms with Crippen LogP contribution in [0.2, 0.25) is 0 Å². The van der Waals surface area contributed by atoms with Crippen LogP contribution in [0.15, 0.2) is 29.3 Å². The lowest BCUT2D eigenvalue weighted by atomic mass is 9.74. The molecule has 3 atom stereocenters. The van der Waals surface area contributed by atoms with Gasteiger partial charge in [-0.2, -0.15) is 0 Å². The first-order valence-corrected chi connectivity index (χ1v) is 12.1. The Morgan fingerprint density at radius 3 is 2.64 bits per heavy atom. The van der Waals surface area contributed by atoms with Gasteiger partial charge in [-0.1, -0.05) is 39.3 Å². The SMILES string of the molecule is CCC1(c2cccc(OC(=O)C(O)C3CC(=NC(C(=O)O)C(C)C)C3)c2)CCCCN(C)C1. The number of rotatable bonds is 8. The minimum Gasteiger partial charge on any atom is -0.480 e. The van der Waals surface area contributed by atoms with Crippen molar-refractivity contribution in [1.82, 2.24) is 4.90 Å². The normalized spacial score (nSPS) is 25.6. The fourth-order valence-electron chi connectivity index (χ4n) is 5.07. The fourth-order valence-corrected chi connectivity index (χ4v) is 5.07. The van der Waals surface area contributed by atoms with Gasteiger partial charge in [0, 0.05) is 23.6 Å². The summed E-state index contributed by atoms with van der Waals surface area (Å²) in [6.45, 7) is 7.91. The molecule has 0 radical (unpaired) electrons. The average Bonchev–Trinajstić information content (AvgIpc) is 2.94. The van der Waals surface area contributed by atoms with Gasteiger partial charge >= 0.3 is 11.9 Å². The Labute approximate surface area is 196 Å². The Hall–Kier alpha value is -2.25. The molecule has 7 heteroatoms. The van der Waals surface area contributed by atoms with Gasteiger partial charge in [0.15, 0.2) is 6.10 Å². The predicted octanol–water partition coefficient (Wildman–Crippen LogP) is 3.68. The number of carbonyl (C=O) groups is 2. The number of hydrogen-bond donors (Lipinski definition) is 2. The highest BCUT2D eigenvalue weighted by molar-refractivity contribution is 5.94. The van der Waals surface area contributed by atoms with Crippen molar-refractivity contribution in [2.45, 2.75) is 76.9 Å². The molecule has 1 aromatic carbocycles. The van der Waals surface area contributed by atoms with Crippen LogP contribution in [0.4, 0.5) is 0 Å². The molecular weight excluding hydrogens is 420 g/mol. The van der Waals surface area contributed by atoms with Crippen LogP contribution in [0.25, 0.3) is 0 Å². The van der Waals surface area contributed by atoms with Crippen molar-refractivity contribution in [1.29, 1.82) is 0 Å². The molecular formula is C26H38N2O5. The Kier molecular flexibility index (Phi) is 8.29. The van der Waals surface area contributed by atoms with Crippen molar-refractivity contribution in [3.63, 3.8) is 0 Å². The van der Waals surface area contributed by atoms with Crippen LogP contribution >= 0.6 is 0 Å². The first kappa shape index (κ1) is 25.4. The van der Waals surface area contributed by atoms with Gasteiger partial charge in [-0.25, -0.2) is 9.59 Å². The van der Waals surface area contributed by atoms with E-state index >= 15 is 0 Å². The summed E-state index contributed by atoms with van der Waals surface area (Å²) < 4.78 is 5.57. The Balaban J connectivity index is 1.64. The van der Waals surface area contributed by atoms with Crippen molar-refractivity contribution in [2.24, 2.45) is 16.8 Å². The van der Waals surface area contributed by atoms with Gasteiger partial charge in [-0.15, -0.1) is 0 Å². The number of ether oxygens (including phenoxy) is 1. The van der Waals surface area contributed by atoms with Crippen LogP contribution in [0.3, 0.4) is 0 Å². The first-order valence-electron chi connectivity index (χ1n) is 12.1. The van der Waals surface area contributed by atoms with E-state index in [1.807, 2.05) is 26.0 Å². The van der Waals surface area contributed by atoms with Crippen LogP contribution < -0.4 is 4.74 Å². The lowest BCUT2D eigenvalue weighted by Gasteiger charge is -2.35. The molecule has 182 valence electrons. The minimum absolute atomic E-state index is 0.0305. The molecule has 0 bridgehead atoms. The van der Waals surface area contributed by atoms with Crippen LogP contribution in [-0.2, 0) is 15.0 Å². The number of likely N-dealkylation sites (N-methyl/N-ethyl adjacent to an activating group) is 1. The van der Waals surface area contributed by atoms with E-state index in [2.05, 4.69) is 29.9 Å². The molecule has 33 heavy (non-hydrogen) atoms. The Morgan fingerprint density at radius 1 is 1.27 bits per heavy atom. The molecule has 1 aliphatic carbocycles. The maximum Gasteiger partial charge on any atom is 0.340 e. The van der Waals surface area contributed by atoms with E-state index in [0.717, 1.165) is 31.6 Å². The van der Waals surface area contributed by atoms with E-state index in [0.29, 0.717) is 18.6 Å². The molecule has 1 saturated heterocycles. The van der Waals surface area contributed by atoms with E-state index < -0.39 is 24.1 Å². The Bertz CT molecular complexity index is 875. The zero-order valence-corrected chi connectivity index (χ0v) is 20.3. The predicted molar refractivity (Wildman–Crippen MR) is 128 cm³/mol. The van der Waals surface area contributed by atoms with Crippen molar-refractivity contribution in [3.8, 4) is 5.75 Å². The molecule has 1 aromatic rings. The summed E-state index contributed by atoms with van der Waals surface area (Å²) in [7, 11) is 2.16. The monoisotopic (exact) mass is 458 g/mol. The van der Waals surface area contributed by atoms with Crippen LogP contribution in [0.5, 0.6) is 5.75 Å². The number of likely N-dealkylation sites (tertiary alicyclic amines) is 1. The number of esters is 1. The molecule has 1 aliphatic heterocycles. The molecule has 3 rings (SSSR count). The largest absolute Gasteiger partial charge is 0.480 e. The summed E-state index contributed by atoms with van der Waals surface area (Å²) in [5.74, 6) is -1.58. The number of carbonyl (C=O) groups excluding carboxylic acids is 1. The molecule has 0 amide bonds. The van der Waals surface area contributed by atoms with Crippen molar-refractivity contribution >= 4 is 17.7 Å². The second-order valence-electron chi connectivity index (χ2n) is 10.1. The number of aliphatic hydroxyl groups is 1. The average molecular weight is 459 g/mol. The van der Waals surface area contributed by atoms with E-state index in [1.54, 1.807) is 6.07 Å². The molecule has 2 fully saturated rings. The number of benzene rings is 1.